The second-order valence-corrected chi connectivity index (χ2v) is 7.74. The number of hydrogen-bond donors (Lipinski definition) is 0. The third-order valence-corrected chi connectivity index (χ3v) is 5.75. The molecule has 2 aromatic carbocycles. The summed E-state index contributed by atoms with van der Waals surface area (Å²) < 4.78 is 0. The molecule has 28 heavy (non-hydrogen) atoms. The molecule has 4 rings (SSSR count). The number of amides is 2. The fourth-order valence-corrected chi connectivity index (χ4v) is 4.20. The number of nitrogens with zero attached hydrogens (tertiary/aromatic N) is 3. The van der Waals surface area contributed by atoms with Crippen LogP contribution in [-0.4, -0.2) is 49.4 Å². The minimum Gasteiger partial charge on any atom is -0.368 e. The molecule has 2 heterocycles. The van der Waals surface area contributed by atoms with Gasteiger partial charge in [-0.1, -0.05) is 35.9 Å². The minimum atomic E-state index is -0.102. The molecule has 0 saturated carbocycles. The minimum absolute atomic E-state index is 0.0640. The number of rotatable bonds is 3. The molecule has 0 unspecified atom stereocenters. The zero-order chi connectivity index (χ0) is 19.5. The second kappa shape index (κ2) is 8.23. The molecule has 1 saturated heterocycles. The zero-order valence-electron chi connectivity index (χ0n) is 15.8. The van der Waals surface area contributed by atoms with Crippen LogP contribution in [0.25, 0.3) is 0 Å². The van der Waals surface area contributed by atoms with E-state index < -0.39 is 0 Å². The Hall–Kier alpha value is -2.53. The van der Waals surface area contributed by atoms with Crippen LogP contribution in [0.4, 0.5) is 11.4 Å². The molecule has 0 bridgehead atoms. The Morgan fingerprint density at radius 2 is 1.68 bits per heavy atom. The van der Waals surface area contributed by atoms with Gasteiger partial charge in [-0.2, -0.15) is 0 Å². The molecule has 146 valence electrons. The number of para-hydroxylation sites is 1. The van der Waals surface area contributed by atoms with Crippen molar-refractivity contribution in [2.24, 2.45) is 0 Å². The van der Waals surface area contributed by atoms with Crippen LogP contribution >= 0.6 is 11.6 Å². The van der Waals surface area contributed by atoms with Crippen molar-refractivity contribution in [1.82, 2.24) is 4.90 Å². The Bertz CT molecular complexity index is 878. The molecule has 0 aliphatic carbocycles. The number of benzene rings is 2. The lowest BCUT2D eigenvalue weighted by atomic mass is 10.0. The Balaban J connectivity index is 1.34. The van der Waals surface area contributed by atoms with Crippen LogP contribution in [0, 0.1) is 0 Å². The van der Waals surface area contributed by atoms with Crippen molar-refractivity contribution in [3.8, 4) is 0 Å². The first-order valence-electron chi connectivity index (χ1n) is 9.78. The molecule has 2 amide bonds. The van der Waals surface area contributed by atoms with E-state index in [1.54, 1.807) is 9.80 Å². The van der Waals surface area contributed by atoms with E-state index in [-0.39, 0.29) is 18.2 Å². The van der Waals surface area contributed by atoms with Crippen molar-refractivity contribution in [2.45, 2.75) is 19.3 Å². The number of carbonyl (C=O) groups excluding carboxylic acids is 2. The third kappa shape index (κ3) is 3.99. The van der Waals surface area contributed by atoms with E-state index in [4.69, 9.17) is 11.6 Å². The van der Waals surface area contributed by atoms with Gasteiger partial charge < -0.3 is 14.7 Å². The summed E-state index contributed by atoms with van der Waals surface area (Å²) in [6, 6.07) is 15.7. The molecule has 2 aromatic rings. The number of carbonyl (C=O) groups is 2. The average molecular weight is 398 g/mol. The summed E-state index contributed by atoms with van der Waals surface area (Å²) in [5.74, 6) is -0.187. The van der Waals surface area contributed by atoms with Crippen LogP contribution in [-0.2, 0) is 16.0 Å². The molecule has 2 aliphatic heterocycles. The topological polar surface area (TPSA) is 43.9 Å². The normalized spacial score (nSPS) is 16.7. The summed E-state index contributed by atoms with van der Waals surface area (Å²) in [7, 11) is 0. The molecular weight excluding hydrogens is 374 g/mol. The van der Waals surface area contributed by atoms with E-state index in [9.17, 15) is 9.59 Å². The number of halogens is 1. The number of hydrogen-bond acceptors (Lipinski definition) is 3. The lowest BCUT2D eigenvalue weighted by molar-refractivity contribution is -0.135. The highest BCUT2D eigenvalue weighted by atomic mass is 35.5. The van der Waals surface area contributed by atoms with Crippen LogP contribution in [0.5, 0.6) is 0 Å². The number of aryl methyl sites for hydroxylation is 1. The van der Waals surface area contributed by atoms with Gasteiger partial charge in [-0.15, -0.1) is 0 Å². The predicted octanol–water partition coefficient (Wildman–Crippen LogP) is 3.36. The van der Waals surface area contributed by atoms with Gasteiger partial charge in [-0.05, 0) is 42.7 Å². The first-order valence-corrected chi connectivity index (χ1v) is 10.2. The predicted molar refractivity (Wildman–Crippen MR) is 112 cm³/mol. The standard InChI is InChI=1S/C22H24ClN3O2/c23-18-7-3-8-19(15-18)24-11-13-25(14-12-24)21(27)16-22(28)26-10-4-6-17-5-1-2-9-20(17)26/h1-3,5,7-9,15H,4,6,10-14,16H2. The highest BCUT2D eigenvalue weighted by Gasteiger charge is 2.27. The van der Waals surface area contributed by atoms with Crippen molar-refractivity contribution in [2.75, 3.05) is 42.5 Å². The lowest BCUT2D eigenvalue weighted by Crippen LogP contribution is -2.50. The molecule has 0 radical (unpaired) electrons. The smallest absolute Gasteiger partial charge is 0.236 e. The summed E-state index contributed by atoms with van der Waals surface area (Å²) in [6.45, 7) is 3.41. The van der Waals surface area contributed by atoms with Crippen molar-refractivity contribution < 1.29 is 9.59 Å². The van der Waals surface area contributed by atoms with E-state index in [2.05, 4.69) is 11.0 Å². The molecule has 0 spiro atoms. The molecule has 0 aromatic heterocycles. The Morgan fingerprint density at radius 3 is 2.46 bits per heavy atom. The van der Waals surface area contributed by atoms with Gasteiger partial charge in [0.2, 0.25) is 11.8 Å². The summed E-state index contributed by atoms with van der Waals surface area (Å²) in [5.41, 5.74) is 3.21. The van der Waals surface area contributed by atoms with E-state index in [1.807, 2.05) is 42.5 Å². The van der Waals surface area contributed by atoms with E-state index in [0.717, 1.165) is 37.3 Å². The Kier molecular flexibility index (Phi) is 5.53. The fourth-order valence-electron chi connectivity index (χ4n) is 4.02. The number of anilines is 2. The highest BCUT2D eigenvalue weighted by Crippen LogP contribution is 2.27. The maximum absolute atomic E-state index is 12.8. The summed E-state index contributed by atoms with van der Waals surface area (Å²) in [5, 5.41) is 0.711. The highest BCUT2D eigenvalue weighted by molar-refractivity contribution is 6.30. The van der Waals surface area contributed by atoms with Gasteiger partial charge in [0.05, 0.1) is 0 Å². The van der Waals surface area contributed by atoms with Gasteiger partial charge in [-0.3, -0.25) is 9.59 Å². The summed E-state index contributed by atoms with van der Waals surface area (Å²) in [6.07, 6.45) is 1.86. The van der Waals surface area contributed by atoms with Gasteiger partial charge in [-0.25, -0.2) is 0 Å². The largest absolute Gasteiger partial charge is 0.368 e. The number of fused-ring (bicyclic) bond motifs is 1. The fraction of sp³-hybridized carbons (Fsp3) is 0.364. The van der Waals surface area contributed by atoms with E-state index >= 15 is 0 Å². The van der Waals surface area contributed by atoms with Gasteiger partial charge in [0.1, 0.15) is 6.42 Å². The quantitative estimate of drug-likeness (QED) is 0.746. The van der Waals surface area contributed by atoms with E-state index in [0.29, 0.717) is 24.7 Å². The Morgan fingerprint density at radius 1 is 0.893 bits per heavy atom. The molecule has 0 N–H and O–H groups in total. The first-order chi connectivity index (χ1) is 13.6. The molecule has 0 atom stereocenters. The van der Waals surface area contributed by atoms with Crippen molar-refractivity contribution in [3.05, 3.63) is 59.1 Å². The molecular formula is C22H24ClN3O2. The van der Waals surface area contributed by atoms with Gasteiger partial charge in [0, 0.05) is 49.1 Å². The van der Waals surface area contributed by atoms with Gasteiger partial charge in [0.25, 0.3) is 0 Å². The van der Waals surface area contributed by atoms with Crippen LogP contribution in [0.15, 0.2) is 48.5 Å². The van der Waals surface area contributed by atoms with Gasteiger partial charge >= 0.3 is 0 Å². The van der Waals surface area contributed by atoms with Crippen molar-refractivity contribution >= 4 is 34.8 Å². The SMILES string of the molecule is O=C(CC(=O)N1CCCc2ccccc21)N1CCN(c2cccc(Cl)c2)CC1. The van der Waals surface area contributed by atoms with Crippen LogP contribution in [0.2, 0.25) is 5.02 Å². The van der Waals surface area contributed by atoms with Crippen LogP contribution < -0.4 is 9.80 Å². The number of piperazine rings is 1. The Labute approximate surface area is 170 Å². The van der Waals surface area contributed by atoms with Crippen LogP contribution in [0.3, 0.4) is 0 Å². The van der Waals surface area contributed by atoms with Crippen LogP contribution in [0.1, 0.15) is 18.4 Å². The first kappa shape index (κ1) is 18.8. The molecule has 1 fully saturated rings. The lowest BCUT2D eigenvalue weighted by Gasteiger charge is -2.36. The van der Waals surface area contributed by atoms with E-state index in [1.165, 1.54) is 5.56 Å². The summed E-state index contributed by atoms with van der Waals surface area (Å²) >= 11 is 6.08. The maximum atomic E-state index is 12.8. The monoisotopic (exact) mass is 397 g/mol. The summed E-state index contributed by atoms with van der Waals surface area (Å²) in [4.78, 5) is 31.3. The maximum Gasteiger partial charge on any atom is 0.236 e. The zero-order valence-corrected chi connectivity index (χ0v) is 16.6. The van der Waals surface area contributed by atoms with Crippen molar-refractivity contribution in [1.29, 1.82) is 0 Å². The average Bonchev–Trinajstić information content (AvgIpc) is 2.73. The third-order valence-electron chi connectivity index (χ3n) is 5.52. The molecule has 6 heteroatoms. The molecule has 5 nitrogen and oxygen atoms in total. The van der Waals surface area contributed by atoms with Gasteiger partial charge in [0.15, 0.2) is 0 Å². The molecule has 2 aliphatic rings. The second-order valence-electron chi connectivity index (χ2n) is 7.30. The van der Waals surface area contributed by atoms with Crippen molar-refractivity contribution in [3.63, 3.8) is 0 Å².